The van der Waals surface area contributed by atoms with E-state index in [0.29, 0.717) is 34.8 Å². The molecule has 1 aliphatic heterocycles. The summed E-state index contributed by atoms with van der Waals surface area (Å²) in [6.45, 7) is -0.406. The van der Waals surface area contributed by atoms with Crippen molar-refractivity contribution in [1.29, 1.82) is 0 Å². The highest BCUT2D eigenvalue weighted by atomic mass is 35.5. The molecule has 2 aromatic heterocycles. The Morgan fingerprint density at radius 1 is 0.889 bits per heavy atom. The molecule has 2 aromatic carbocycles. The summed E-state index contributed by atoms with van der Waals surface area (Å²) < 4.78 is 7.43. The third kappa shape index (κ3) is 4.38. The summed E-state index contributed by atoms with van der Waals surface area (Å²) >= 11 is 5.90. The van der Waals surface area contributed by atoms with Crippen LogP contribution in [0.15, 0.2) is 68.7 Å². The van der Waals surface area contributed by atoms with Crippen LogP contribution in [0.1, 0.15) is 43.7 Å². The average molecular weight is 506 g/mol. The number of amides is 2. The van der Waals surface area contributed by atoms with Crippen molar-refractivity contribution < 1.29 is 14.1 Å². The number of nitrogens with zero attached hydrogens (tertiary/aromatic N) is 5. The monoisotopic (exact) mass is 505 g/mol. The second kappa shape index (κ2) is 9.38. The molecule has 0 spiro atoms. The van der Waals surface area contributed by atoms with Gasteiger partial charge in [-0.25, -0.2) is 4.79 Å². The molecule has 1 aliphatic rings. The van der Waals surface area contributed by atoms with Crippen LogP contribution in [0.5, 0.6) is 0 Å². The summed E-state index contributed by atoms with van der Waals surface area (Å²) in [7, 11) is 1.47. The first-order valence-electron chi connectivity index (χ1n) is 11.1. The van der Waals surface area contributed by atoms with Gasteiger partial charge in [-0.15, -0.1) is 0 Å². The molecule has 0 radical (unpaired) electrons. The van der Waals surface area contributed by atoms with Gasteiger partial charge >= 0.3 is 5.69 Å². The summed E-state index contributed by atoms with van der Waals surface area (Å²) in [6.07, 6.45) is 1.18. The minimum atomic E-state index is -0.630. The summed E-state index contributed by atoms with van der Waals surface area (Å²) in [4.78, 5) is 56.4. The molecule has 182 valence electrons. The number of halogens is 1. The quantitative estimate of drug-likeness (QED) is 0.353. The first-order valence-corrected chi connectivity index (χ1v) is 11.5. The number of fused-ring (bicyclic) bond motifs is 1. The minimum absolute atomic E-state index is 0.119. The summed E-state index contributed by atoms with van der Waals surface area (Å²) in [6, 6.07) is 15.1. The van der Waals surface area contributed by atoms with Crippen LogP contribution in [0.4, 0.5) is 0 Å². The molecule has 36 heavy (non-hydrogen) atoms. The largest absolute Gasteiger partial charge is 0.337 e. The van der Waals surface area contributed by atoms with Crippen LogP contribution in [-0.2, 0) is 33.0 Å². The molecule has 0 saturated heterocycles. The second-order valence-corrected chi connectivity index (χ2v) is 8.81. The van der Waals surface area contributed by atoms with E-state index in [1.165, 1.54) is 17.7 Å². The molecule has 10 nitrogen and oxygen atoms in total. The van der Waals surface area contributed by atoms with Gasteiger partial charge in [0.15, 0.2) is 5.82 Å². The van der Waals surface area contributed by atoms with E-state index >= 15 is 0 Å². The van der Waals surface area contributed by atoms with Gasteiger partial charge in [0, 0.05) is 30.3 Å². The molecule has 4 aromatic rings. The molecular formula is C25H20ClN5O5. The SMILES string of the molecule is Cn1c(CN2C(=O)c3ccccc3C2=O)cc(=O)n(Cc2nc(CCc3ccc(Cl)cc3)no2)c1=O. The van der Waals surface area contributed by atoms with Crippen LogP contribution in [0.2, 0.25) is 5.02 Å². The number of rotatable bonds is 7. The van der Waals surface area contributed by atoms with Gasteiger partial charge in [0.1, 0.15) is 6.54 Å². The zero-order chi connectivity index (χ0) is 25.4. The Labute approximate surface area is 209 Å². The van der Waals surface area contributed by atoms with Crippen molar-refractivity contribution >= 4 is 23.4 Å². The fourth-order valence-corrected chi connectivity index (χ4v) is 4.18. The van der Waals surface area contributed by atoms with Crippen molar-refractivity contribution in [2.45, 2.75) is 25.9 Å². The lowest BCUT2D eigenvalue weighted by Crippen LogP contribution is -2.42. The molecule has 0 bridgehead atoms. The highest BCUT2D eigenvalue weighted by Crippen LogP contribution is 2.23. The number of benzene rings is 2. The molecule has 0 fully saturated rings. The number of aromatic nitrogens is 4. The molecule has 3 heterocycles. The molecular weight excluding hydrogens is 486 g/mol. The lowest BCUT2D eigenvalue weighted by Gasteiger charge is -2.17. The molecule has 0 atom stereocenters. The number of carbonyl (C=O) groups is 2. The second-order valence-electron chi connectivity index (χ2n) is 8.37. The van der Waals surface area contributed by atoms with Crippen molar-refractivity contribution in [3.05, 3.63) is 115 Å². The number of carbonyl (C=O) groups excluding carboxylic acids is 2. The Morgan fingerprint density at radius 2 is 1.56 bits per heavy atom. The Hall–Kier alpha value is -4.31. The minimum Gasteiger partial charge on any atom is -0.337 e. The number of hydrogen-bond donors (Lipinski definition) is 0. The van der Waals surface area contributed by atoms with Crippen molar-refractivity contribution in [2.24, 2.45) is 7.05 Å². The van der Waals surface area contributed by atoms with Crippen LogP contribution in [0, 0.1) is 0 Å². The molecule has 0 saturated carbocycles. The number of imide groups is 1. The predicted octanol–water partition coefficient (Wildman–Crippen LogP) is 2.21. The molecule has 0 aliphatic carbocycles. The van der Waals surface area contributed by atoms with Gasteiger partial charge in [-0.1, -0.05) is 41.0 Å². The van der Waals surface area contributed by atoms with Gasteiger partial charge in [0.05, 0.1) is 17.7 Å². The smallest absolute Gasteiger partial charge is 0.331 e. The first-order chi connectivity index (χ1) is 17.3. The maximum atomic E-state index is 13.0. The van der Waals surface area contributed by atoms with E-state index in [-0.39, 0.29) is 24.7 Å². The van der Waals surface area contributed by atoms with Gasteiger partial charge in [0.25, 0.3) is 17.4 Å². The zero-order valence-electron chi connectivity index (χ0n) is 19.2. The summed E-state index contributed by atoms with van der Waals surface area (Å²) in [5.74, 6) is -0.367. The van der Waals surface area contributed by atoms with Crippen LogP contribution in [0.3, 0.4) is 0 Å². The van der Waals surface area contributed by atoms with E-state index in [1.807, 2.05) is 12.1 Å². The van der Waals surface area contributed by atoms with E-state index < -0.39 is 23.1 Å². The lowest BCUT2D eigenvalue weighted by atomic mass is 10.1. The Morgan fingerprint density at radius 3 is 2.22 bits per heavy atom. The van der Waals surface area contributed by atoms with Gasteiger partial charge in [-0.2, -0.15) is 4.98 Å². The predicted molar refractivity (Wildman–Crippen MR) is 129 cm³/mol. The summed E-state index contributed by atoms with van der Waals surface area (Å²) in [5.41, 5.74) is 0.642. The summed E-state index contributed by atoms with van der Waals surface area (Å²) in [5, 5.41) is 4.59. The fourth-order valence-electron chi connectivity index (χ4n) is 4.06. The van der Waals surface area contributed by atoms with Crippen LogP contribution in [-0.4, -0.2) is 36.0 Å². The van der Waals surface area contributed by atoms with E-state index in [2.05, 4.69) is 10.1 Å². The fraction of sp³-hybridized carbons (Fsp3) is 0.200. The molecule has 0 unspecified atom stereocenters. The molecule has 0 N–H and O–H groups in total. The third-order valence-electron chi connectivity index (χ3n) is 6.06. The van der Waals surface area contributed by atoms with E-state index in [1.54, 1.807) is 36.4 Å². The Bertz CT molecular complexity index is 1570. The van der Waals surface area contributed by atoms with E-state index in [9.17, 15) is 19.2 Å². The maximum absolute atomic E-state index is 13.0. The normalized spacial score (nSPS) is 12.9. The van der Waals surface area contributed by atoms with Gasteiger partial charge in [-0.3, -0.25) is 28.4 Å². The average Bonchev–Trinajstić information content (AvgIpc) is 3.43. The highest BCUT2D eigenvalue weighted by molar-refractivity contribution is 6.30. The third-order valence-corrected chi connectivity index (χ3v) is 6.31. The topological polar surface area (TPSA) is 120 Å². The molecule has 5 rings (SSSR count). The van der Waals surface area contributed by atoms with Crippen molar-refractivity contribution in [1.82, 2.24) is 24.2 Å². The maximum Gasteiger partial charge on any atom is 0.331 e. The van der Waals surface area contributed by atoms with Crippen LogP contribution in [0.25, 0.3) is 0 Å². The molecule has 2 amide bonds. The van der Waals surface area contributed by atoms with E-state index in [4.69, 9.17) is 16.1 Å². The Kier molecular flexibility index (Phi) is 6.11. The van der Waals surface area contributed by atoms with Crippen molar-refractivity contribution in [2.75, 3.05) is 0 Å². The molecule has 11 heteroatoms. The number of aryl methyl sites for hydroxylation is 2. The van der Waals surface area contributed by atoms with E-state index in [0.717, 1.165) is 15.0 Å². The van der Waals surface area contributed by atoms with Crippen LogP contribution >= 0.6 is 11.6 Å². The van der Waals surface area contributed by atoms with Crippen molar-refractivity contribution in [3.8, 4) is 0 Å². The van der Waals surface area contributed by atoms with Crippen LogP contribution < -0.4 is 11.2 Å². The lowest BCUT2D eigenvalue weighted by molar-refractivity contribution is 0.0638. The van der Waals surface area contributed by atoms with Crippen molar-refractivity contribution in [3.63, 3.8) is 0 Å². The van der Waals surface area contributed by atoms with Gasteiger partial charge in [0.2, 0.25) is 5.89 Å². The van der Waals surface area contributed by atoms with Gasteiger partial charge < -0.3 is 4.52 Å². The zero-order valence-corrected chi connectivity index (χ0v) is 19.9. The number of hydrogen-bond acceptors (Lipinski definition) is 7. The highest BCUT2D eigenvalue weighted by Gasteiger charge is 2.35. The first kappa shape index (κ1) is 23.4. The Balaban J connectivity index is 1.31. The standard InChI is InChI=1S/C25H20ClN5O5/c1-29-17(13-31-23(33)18-4-2-3-5-19(18)24(31)34)12-22(32)30(25(29)35)14-21-27-20(28-36-21)11-8-15-6-9-16(26)10-7-15/h2-7,9-10,12H,8,11,13-14H2,1H3. The van der Waals surface area contributed by atoms with Gasteiger partial charge in [-0.05, 0) is 36.2 Å².